The summed E-state index contributed by atoms with van der Waals surface area (Å²) < 4.78 is 5.32. The highest BCUT2D eigenvalue weighted by Crippen LogP contribution is 2.52. The molecule has 0 aromatic rings. The van der Waals surface area contributed by atoms with Crippen LogP contribution in [0.4, 0.5) is 0 Å². The van der Waals surface area contributed by atoms with Gasteiger partial charge in [0.25, 0.3) is 0 Å². The molecule has 5 unspecified atom stereocenters. The normalized spacial score (nSPS) is 48.1. The molecule has 0 saturated heterocycles. The summed E-state index contributed by atoms with van der Waals surface area (Å²) in [7, 11) is 0. The van der Waals surface area contributed by atoms with Crippen molar-refractivity contribution in [3.05, 3.63) is 0 Å². The zero-order valence-corrected chi connectivity index (χ0v) is 8.62. The van der Waals surface area contributed by atoms with Gasteiger partial charge in [0, 0.05) is 6.92 Å². The van der Waals surface area contributed by atoms with Crippen molar-refractivity contribution in [2.45, 2.75) is 39.7 Å². The van der Waals surface area contributed by atoms with E-state index in [4.69, 9.17) is 4.74 Å². The molecule has 13 heavy (non-hydrogen) atoms. The molecule has 0 aromatic heterocycles. The molecule has 2 aliphatic carbocycles. The van der Waals surface area contributed by atoms with Crippen molar-refractivity contribution in [1.29, 1.82) is 0 Å². The predicted molar refractivity (Wildman–Crippen MR) is 50.1 cm³/mol. The molecule has 74 valence electrons. The average Bonchev–Trinajstić information content (AvgIpc) is 2.53. The Labute approximate surface area is 79.7 Å². The second kappa shape index (κ2) is 3.00. The second-order valence-corrected chi connectivity index (χ2v) is 4.76. The minimum absolute atomic E-state index is 0.114. The van der Waals surface area contributed by atoms with Crippen LogP contribution in [0.25, 0.3) is 0 Å². The lowest BCUT2D eigenvalue weighted by molar-refractivity contribution is -0.150. The third-order valence-electron chi connectivity index (χ3n) is 4.15. The van der Waals surface area contributed by atoms with Gasteiger partial charge in [0.1, 0.15) is 6.10 Å². The number of esters is 1. The molecule has 2 nitrogen and oxygen atoms in total. The highest BCUT2D eigenvalue weighted by atomic mass is 16.5. The van der Waals surface area contributed by atoms with E-state index in [0.29, 0.717) is 5.92 Å². The highest BCUT2D eigenvalue weighted by Gasteiger charge is 2.50. The van der Waals surface area contributed by atoms with E-state index in [-0.39, 0.29) is 12.1 Å². The molecule has 2 saturated carbocycles. The maximum absolute atomic E-state index is 10.8. The minimum Gasteiger partial charge on any atom is -0.462 e. The zero-order valence-electron chi connectivity index (χ0n) is 8.62. The standard InChI is InChI=1S/C11H18O2/c1-6-7(2)10-4-9(6)5-11(10)13-8(3)12/h6-7,9-11H,4-5H2,1-3H3. The molecular formula is C11H18O2. The molecular weight excluding hydrogens is 164 g/mol. The number of ether oxygens (including phenoxy) is 1. The number of carbonyl (C=O) groups is 1. The van der Waals surface area contributed by atoms with E-state index in [0.717, 1.165) is 24.2 Å². The molecule has 0 aliphatic heterocycles. The van der Waals surface area contributed by atoms with Crippen LogP contribution in [-0.4, -0.2) is 12.1 Å². The fourth-order valence-corrected chi connectivity index (χ4v) is 3.22. The van der Waals surface area contributed by atoms with E-state index in [2.05, 4.69) is 13.8 Å². The topological polar surface area (TPSA) is 26.3 Å². The van der Waals surface area contributed by atoms with Gasteiger partial charge in [0.15, 0.2) is 0 Å². The summed E-state index contributed by atoms with van der Waals surface area (Å²) in [5.74, 6) is 2.91. The SMILES string of the molecule is CC(=O)OC1CC2CC1C(C)C2C. The van der Waals surface area contributed by atoms with Gasteiger partial charge in [-0.2, -0.15) is 0 Å². The Hall–Kier alpha value is -0.530. The van der Waals surface area contributed by atoms with Crippen LogP contribution in [0.5, 0.6) is 0 Å². The molecule has 5 atom stereocenters. The molecule has 2 heteroatoms. The van der Waals surface area contributed by atoms with Gasteiger partial charge < -0.3 is 4.74 Å². The minimum atomic E-state index is -0.114. The fraction of sp³-hybridized carbons (Fsp3) is 0.909. The summed E-state index contributed by atoms with van der Waals surface area (Å²) in [4.78, 5) is 10.8. The van der Waals surface area contributed by atoms with Crippen molar-refractivity contribution in [3.8, 4) is 0 Å². The van der Waals surface area contributed by atoms with Gasteiger partial charge in [0.05, 0.1) is 0 Å². The van der Waals surface area contributed by atoms with Crippen molar-refractivity contribution in [2.75, 3.05) is 0 Å². The Balaban J connectivity index is 2.02. The third kappa shape index (κ3) is 1.36. The molecule has 0 spiro atoms. The van der Waals surface area contributed by atoms with Crippen LogP contribution >= 0.6 is 0 Å². The summed E-state index contributed by atoms with van der Waals surface area (Å²) in [5.41, 5.74) is 0. The third-order valence-corrected chi connectivity index (χ3v) is 4.15. The first kappa shape index (κ1) is 9.04. The van der Waals surface area contributed by atoms with Crippen LogP contribution in [0, 0.1) is 23.7 Å². The maximum Gasteiger partial charge on any atom is 0.302 e. The first-order valence-corrected chi connectivity index (χ1v) is 5.26. The Kier molecular flexibility index (Phi) is 2.09. The summed E-state index contributed by atoms with van der Waals surface area (Å²) in [6, 6.07) is 0. The largest absolute Gasteiger partial charge is 0.462 e. The number of hydrogen-bond acceptors (Lipinski definition) is 2. The monoisotopic (exact) mass is 182 g/mol. The summed E-state index contributed by atoms with van der Waals surface area (Å²) in [5, 5.41) is 0. The Morgan fingerprint density at radius 3 is 2.38 bits per heavy atom. The fourth-order valence-electron chi connectivity index (χ4n) is 3.22. The first-order valence-electron chi connectivity index (χ1n) is 5.26. The van der Waals surface area contributed by atoms with Gasteiger partial charge >= 0.3 is 5.97 Å². The molecule has 2 aliphatic rings. The van der Waals surface area contributed by atoms with Crippen LogP contribution < -0.4 is 0 Å². The lowest BCUT2D eigenvalue weighted by Gasteiger charge is -2.30. The average molecular weight is 182 g/mol. The molecule has 0 heterocycles. The van der Waals surface area contributed by atoms with E-state index >= 15 is 0 Å². The van der Waals surface area contributed by atoms with Gasteiger partial charge in [-0.15, -0.1) is 0 Å². The van der Waals surface area contributed by atoms with Crippen molar-refractivity contribution in [2.24, 2.45) is 23.7 Å². The van der Waals surface area contributed by atoms with Crippen LogP contribution in [0.2, 0.25) is 0 Å². The lowest BCUT2D eigenvalue weighted by Crippen LogP contribution is -2.31. The molecule has 2 bridgehead atoms. The van der Waals surface area contributed by atoms with Crippen molar-refractivity contribution >= 4 is 5.97 Å². The molecule has 0 radical (unpaired) electrons. The van der Waals surface area contributed by atoms with Crippen LogP contribution in [0.3, 0.4) is 0 Å². The number of carbonyl (C=O) groups excluding carboxylic acids is 1. The predicted octanol–water partition coefficient (Wildman–Crippen LogP) is 2.23. The van der Waals surface area contributed by atoms with Crippen molar-refractivity contribution < 1.29 is 9.53 Å². The number of rotatable bonds is 1. The quantitative estimate of drug-likeness (QED) is 0.581. The van der Waals surface area contributed by atoms with E-state index in [1.54, 1.807) is 0 Å². The Morgan fingerprint density at radius 1 is 1.23 bits per heavy atom. The second-order valence-electron chi connectivity index (χ2n) is 4.76. The molecule has 0 aromatic carbocycles. The molecule has 2 rings (SSSR count). The highest BCUT2D eigenvalue weighted by molar-refractivity contribution is 5.66. The molecule has 0 N–H and O–H groups in total. The lowest BCUT2D eigenvalue weighted by atomic mass is 9.80. The Bertz CT molecular complexity index is 222. The summed E-state index contributed by atoms with van der Waals surface area (Å²) in [6.45, 7) is 6.14. The number of fused-ring (bicyclic) bond motifs is 2. The molecule has 2 fully saturated rings. The Morgan fingerprint density at radius 2 is 1.92 bits per heavy atom. The number of hydrogen-bond donors (Lipinski definition) is 0. The van der Waals surface area contributed by atoms with Crippen molar-refractivity contribution in [3.63, 3.8) is 0 Å². The van der Waals surface area contributed by atoms with Gasteiger partial charge in [-0.05, 0) is 36.5 Å². The van der Waals surface area contributed by atoms with Gasteiger partial charge in [-0.25, -0.2) is 0 Å². The van der Waals surface area contributed by atoms with Crippen LogP contribution in [-0.2, 0) is 9.53 Å². The van der Waals surface area contributed by atoms with Crippen molar-refractivity contribution in [1.82, 2.24) is 0 Å². The van der Waals surface area contributed by atoms with E-state index in [9.17, 15) is 4.79 Å². The van der Waals surface area contributed by atoms with Crippen LogP contribution in [0.15, 0.2) is 0 Å². The maximum atomic E-state index is 10.8. The molecule has 0 amide bonds. The van der Waals surface area contributed by atoms with Crippen LogP contribution in [0.1, 0.15) is 33.6 Å². The van der Waals surface area contributed by atoms with E-state index in [1.807, 2.05) is 0 Å². The first-order chi connectivity index (χ1) is 6.09. The van der Waals surface area contributed by atoms with E-state index in [1.165, 1.54) is 13.3 Å². The van der Waals surface area contributed by atoms with Gasteiger partial charge in [0.2, 0.25) is 0 Å². The van der Waals surface area contributed by atoms with Gasteiger partial charge in [-0.3, -0.25) is 4.79 Å². The van der Waals surface area contributed by atoms with Gasteiger partial charge in [-0.1, -0.05) is 13.8 Å². The summed E-state index contributed by atoms with van der Waals surface area (Å²) in [6.07, 6.45) is 2.62. The van der Waals surface area contributed by atoms with E-state index < -0.39 is 0 Å². The zero-order chi connectivity index (χ0) is 9.59. The smallest absolute Gasteiger partial charge is 0.302 e. The summed E-state index contributed by atoms with van der Waals surface area (Å²) >= 11 is 0.